The lowest BCUT2D eigenvalue weighted by atomic mass is 10.1. The van der Waals surface area contributed by atoms with Crippen LogP contribution < -0.4 is 14.8 Å². The molecule has 2 aromatic carbocycles. The van der Waals surface area contributed by atoms with E-state index in [1.165, 1.54) is 30.4 Å². The van der Waals surface area contributed by atoms with Crippen molar-refractivity contribution in [3.8, 4) is 11.5 Å². The minimum atomic E-state index is 0.602. The topological polar surface area (TPSA) is 75.3 Å². The zero-order valence-electron chi connectivity index (χ0n) is 22.5. The number of fused-ring (bicyclic) bond motifs is 1. The number of rotatable bonds is 14. The Morgan fingerprint density at radius 2 is 1.76 bits per heavy atom. The lowest BCUT2D eigenvalue weighted by Crippen LogP contribution is -2.19. The number of H-pyrrole nitrogens is 1. The van der Waals surface area contributed by atoms with Gasteiger partial charge >= 0.3 is 0 Å². The van der Waals surface area contributed by atoms with E-state index in [0.29, 0.717) is 13.2 Å². The van der Waals surface area contributed by atoms with Gasteiger partial charge in [0.05, 0.1) is 18.6 Å². The molecule has 7 nitrogen and oxygen atoms in total. The normalized spacial score (nSPS) is 11.3. The Morgan fingerprint density at radius 1 is 0.946 bits per heavy atom. The van der Waals surface area contributed by atoms with Crippen LogP contribution in [0.5, 0.6) is 11.5 Å². The van der Waals surface area contributed by atoms with Gasteiger partial charge in [-0.15, -0.1) is 0 Å². The van der Waals surface area contributed by atoms with Gasteiger partial charge in [-0.1, -0.05) is 37.5 Å². The number of nitrogens with one attached hydrogen (secondary N) is 2. The highest BCUT2D eigenvalue weighted by Gasteiger charge is 2.13. The highest BCUT2D eigenvalue weighted by atomic mass is 16.5. The Labute approximate surface area is 220 Å². The Balaban J connectivity index is 1.34. The van der Waals surface area contributed by atoms with Gasteiger partial charge < -0.3 is 24.7 Å². The zero-order chi connectivity index (χ0) is 26.0. The summed E-state index contributed by atoms with van der Waals surface area (Å²) in [6.45, 7) is 9.52. The molecule has 0 saturated heterocycles. The third-order valence-corrected chi connectivity index (χ3v) is 6.41. The van der Waals surface area contributed by atoms with Crippen molar-refractivity contribution in [1.82, 2.24) is 19.9 Å². The molecular weight excluding hydrogens is 462 g/mol. The fraction of sp³-hybridized carbons (Fsp3) is 0.400. The van der Waals surface area contributed by atoms with E-state index in [1.54, 1.807) is 6.33 Å². The molecule has 0 aliphatic carbocycles. The minimum Gasteiger partial charge on any atom is -0.493 e. The van der Waals surface area contributed by atoms with Gasteiger partial charge in [-0.2, -0.15) is 0 Å². The molecule has 0 aliphatic rings. The lowest BCUT2D eigenvalue weighted by molar-refractivity contribution is 0.246. The van der Waals surface area contributed by atoms with Gasteiger partial charge in [0.15, 0.2) is 0 Å². The van der Waals surface area contributed by atoms with E-state index < -0.39 is 0 Å². The van der Waals surface area contributed by atoms with Crippen molar-refractivity contribution in [2.45, 2.75) is 53.0 Å². The van der Waals surface area contributed by atoms with Gasteiger partial charge in [0.1, 0.15) is 29.3 Å². The van der Waals surface area contributed by atoms with Crippen molar-refractivity contribution in [3.05, 3.63) is 71.7 Å². The molecule has 4 aromatic rings. The Morgan fingerprint density at radius 3 is 2.54 bits per heavy atom. The van der Waals surface area contributed by atoms with Gasteiger partial charge in [0.2, 0.25) is 0 Å². The third kappa shape index (κ3) is 7.46. The van der Waals surface area contributed by atoms with Crippen LogP contribution in [0.3, 0.4) is 0 Å². The molecule has 0 fully saturated rings. The summed E-state index contributed by atoms with van der Waals surface area (Å²) in [6, 6.07) is 14.2. The highest BCUT2D eigenvalue weighted by Crippen LogP contribution is 2.29. The highest BCUT2D eigenvalue weighted by molar-refractivity contribution is 5.92. The summed E-state index contributed by atoms with van der Waals surface area (Å²) in [6.07, 6.45) is 8.16. The van der Waals surface area contributed by atoms with Gasteiger partial charge in [-0.3, -0.25) is 0 Å². The fourth-order valence-electron chi connectivity index (χ4n) is 4.34. The first-order chi connectivity index (χ1) is 18.0. The van der Waals surface area contributed by atoms with Crippen LogP contribution in [-0.2, 0) is 6.54 Å². The second kappa shape index (κ2) is 13.1. The molecule has 0 amide bonds. The first-order valence-corrected chi connectivity index (χ1v) is 13.2. The lowest BCUT2D eigenvalue weighted by Gasteiger charge is -2.16. The molecule has 196 valence electrons. The van der Waals surface area contributed by atoms with Crippen molar-refractivity contribution < 1.29 is 9.47 Å². The van der Waals surface area contributed by atoms with E-state index in [4.69, 9.17) is 9.47 Å². The number of hydrogen-bond donors (Lipinski definition) is 2. The second-order valence-electron chi connectivity index (χ2n) is 9.67. The Kier molecular flexibility index (Phi) is 9.38. The Bertz CT molecular complexity index is 1270. The maximum absolute atomic E-state index is 6.02. The van der Waals surface area contributed by atoms with Crippen LogP contribution in [0.25, 0.3) is 11.0 Å². The number of benzene rings is 2. The van der Waals surface area contributed by atoms with Crippen LogP contribution in [0.15, 0.2) is 55.0 Å². The predicted octanol–water partition coefficient (Wildman–Crippen LogP) is 6.79. The predicted molar refractivity (Wildman–Crippen MR) is 151 cm³/mol. The quantitative estimate of drug-likeness (QED) is 0.185. The molecule has 2 heterocycles. The molecule has 4 rings (SSSR count). The number of hydrogen-bond acceptors (Lipinski definition) is 6. The van der Waals surface area contributed by atoms with Crippen molar-refractivity contribution in [1.29, 1.82) is 0 Å². The van der Waals surface area contributed by atoms with Crippen molar-refractivity contribution in [2.24, 2.45) is 0 Å². The molecule has 0 saturated carbocycles. The number of anilines is 2. The van der Waals surface area contributed by atoms with E-state index >= 15 is 0 Å². The van der Waals surface area contributed by atoms with Gasteiger partial charge in [0, 0.05) is 24.8 Å². The molecule has 0 unspecified atom stereocenters. The van der Waals surface area contributed by atoms with Crippen LogP contribution in [0.4, 0.5) is 11.5 Å². The molecule has 2 N–H and O–H groups in total. The van der Waals surface area contributed by atoms with E-state index in [9.17, 15) is 0 Å². The number of nitrogens with zero attached hydrogens (tertiary/aromatic N) is 3. The number of aromatic nitrogens is 3. The van der Waals surface area contributed by atoms with Crippen molar-refractivity contribution in [3.63, 3.8) is 0 Å². The fourth-order valence-corrected chi connectivity index (χ4v) is 4.34. The minimum absolute atomic E-state index is 0.602. The van der Waals surface area contributed by atoms with Crippen LogP contribution in [0, 0.1) is 13.8 Å². The molecule has 2 aromatic heterocycles. The number of aryl methyl sites for hydroxylation is 2. The molecule has 0 radical (unpaired) electrons. The van der Waals surface area contributed by atoms with Gasteiger partial charge in [-0.25, -0.2) is 9.97 Å². The maximum atomic E-state index is 6.02. The van der Waals surface area contributed by atoms with E-state index in [0.717, 1.165) is 59.1 Å². The molecule has 0 spiro atoms. The summed E-state index contributed by atoms with van der Waals surface area (Å²) >= 11 is 0. The Hall–Kier alpha value is -3.58. The van der Waals surface area contributed by atoms with E-state index in [-0.39, 0.29) is 0 Å². The first-order valence-electron chi connectivity index (χ1n) is 13.2. The van der Waals surface area contributed by atoms with Crippen LogP contribution in [0.2, 0.25) is 0 Å². The van der Waals surface area contributed by atoms with Crippen LogP contribution in [-0.4, -0.2) is 46.7 Å². The van der Waals surface area contributed by atoms with Crippen LogP contribution in [0.1, 0.15) is 49.3 Å². The summed E-state index contributed by atoms with van der Waals surface area (Å²) in [5.41, 5.74) is 5.31. The summed E-state index contributed by atoms with van der Waals surface area (Å²) in [4.78, 5) is 14.7. The van der Waals surface area contributed by atoms with E-state index in [1.807, 2.05) is 30.5 Å². The second-order valence-corrected chi connectivity index (χ2v) is 9.67. The smallest absolute Gasteiger partial charge is 0.143 e. The molecule has 0 aliphatic heterocycles. The SMILES string of the molecule is CCCCCN(C)Cc1c[nH]c2ncnc(Nc3ccc(OCCCOc4ccc(C)cc4)c(C)c3)c12. The molecule has 0 atom stereocenters. The third-order valence-electron chi connectivity index (χ3n) is 6.41. The van der Waals surface area contributed by atoms with Crippen molar-refractivity contribution >= 4 is 22.5 Å². The largest absolute Gasteiger partial charge is 0.493 e. The summed E-state index contributed by atoms with van der Waals surface area (Å²) in [7, 11) is 2.17. The number of unbranched alkanes of at least 4 members (excludes halogenated alkanes) is 2. The summed E-state index contributed by atoms with van der Waals surface area (Å²) in [5.74, 6) is 2.58. The standard InChI is InChI=1S/C30H39N5O2/c1-5-6-7-15-35(4)20-24-19-31-29-28(24)30(33-21-32-29)34-25-11-14-27(23(3)18-25)37-17-8-16-36-26-12-9-22(2)10-13-26/h9-14,18-19,21H,5-8,15-17,20H2,1-4H3,(H2,31,32,33,34). The maximum Gasteiger partial charge on any atom is 0.143 e. The van der Waals surface area contributed by atoms with Crippen molar-refractivity contribution in [2.75, 3.05) is 32.1 Å². The molecule has 0 bridgehead atoms. The molecule has 7 heteroatoms. The van der Waals surface area contributed by atoms with E-state index in [2.05, 4.69) is 71.2 Å². The molecular formula is C30H39N5O2. The average molecular weight is 502 g/mol. The number of aromatic amines is 1. The first kappa shape index (κ1) is 26.5. The molecule has 37 heavy (non-hydrogen) atoms. The monoisotopic (exact) mass is 501 g/mol. The summed E-state index contributed by atoms with van der Waals surface area (Å²) in [5, 5.41) is 4.54. The van der Waals surface area contributed by atoms with Crippen LogP contribution >= 0.6 is 0 Å². The average Bonchev–Trinajstić information content (AvgIpc) is 3.30. The van der Waals surface area contributed by atoms with Gasteiger partial charge in [-0.05, 0) is 75.3 Å². The van der Waals surface area contributed by atoms with Gasteiger partial charge in [0.25, 0.3) is 0 Å². The number of ether oxygens (including phenoxy) is 2. The zero-order valence-corrected chi connectivity index (χ0v) is 22.5. The summed E-state index contributed by atoms with van der Waals surface area (Å²) < 4.78 is 11.8.